The second-order valence-corrected chi connectivity index (χ2v) is 3.36. The van der Waals surface area contributed by atoms with E-state index < -0.39 is 6.04 Å². The molecule has 0 amide bonds. The van der Waals surface area contributed by atoms with E-state index in [9.17, 15) is 0 Å². The van der Waals surface area contributed by atoms with Gasteiger partial charge in [0.2, 0.25) is 5.75 Å². The summed E-state index contributed by atoms with van der Waals surface area (Å²) >= 11 is 0. The summed E-state index contributed by atoms with van der Waals surface area (Å²) in [6.07, 6.45) is 0.456. The molecule has 1 rings (SSSR count). The summed E-state index contributed by atoms with van der Waals surface area (Å²) in [7, 11) is 3.12. The van der Waals surface area contributed by atoms with E-state index in [0.29, 0.717) is 30.3 Å². The Morgan fingerprint density at radius 2 is 1.88 bits per heavy atom. The minimum absolute atomic E-state index is 0.339. The highest BCUT2D eigenvalue weighted by Crippen LogP contribution is 2.36. The molecule has 0 fully saturated rings. The molecule has 0 aliphatic heterocycles. The summed E-state index contributed by atoms with van der Waals surface area (Å²) < 4.78 is 15.9. The van der Waals surface area contributed by atoms with Gasteiger partial charge < -0.3 is 19.9 Å². The van der Waals surface area contributed by atoms with E-state index in [1.807, 2.05) is 12.1 Å². The topological polar surface area (TPSA) is 77.5 Å². The summed E-state index contributed by atoms with van der Waals surface area (Å²) in [5.41, 5.74) is 5.47. The Bertz CT molecular complexity index is 379. The average Bonchev–Trinajstić information content (AvgIpc) is 2.38. The number of para-hydroxylation sites is 1. The first-order valence-corrected chi connectivity index (χ1v) is 5.22. The standard InChI is InChI=1S/C12H16N2O3/c1-15-10-4-3-5-11(16-2)12(10)17-7-6-9(14)8-13/h3-5,9H,6-7,14H2,1-2H3. The van der Waals surface area contributed by atoms with Crippen LogP contribution in [0.1, 0.15) is 6.42 Å². The lowest BCUT2D eigenvalue weighted by atomic mass is 10.2. The molecule has 1 aromatic rings. The molecule has 0 radical (unpaired) electrons. The van der Waals surface area contributed by atoms with Crippen LogP contribution >= 0.6 is 0 Å². The lowest BCUT2D eigenvalue weighted by Gasteiger charge is -2.14. The van der Waals surface area contributed by atoms with Crippen molar-refractivity contribution in [3.63, 3.8) is 0 Å². The molecule has 17 heavy (non-hydrogen) atoms. The van der Waals surface area contributed by atoms with E-state index in [2.05, 4.69) is 0 Å². The Hall–Kier alpha value is -1.93. The third-order valence-corrected chi connectivity index (χ3v) is 2.22. The van der Waals surface area contributed by atoms with Gasteiger partial charge in [0.25, 0.3) is 0 Å². The van der Waals surface area contributed by atoms with Gasteiger partial charge >= 0.3 is 0 Å². The molecule has 0 heterocycles. The van der Waals surface area contributed by atoms with Gasteiger partial charge in [0.1, 0.15) is 0 Å². The largest absolute Gasteiger partial charge is 0.493 e. The summed E-state index contributed by atoms with van der Waals surface area (Å²) in [6.45, 7) is 0.339. The van der Waals surface area contributed by atoms with Gasteiger partial charge in [-0.3, -0.25) is 0 Å². The van der Waals surface area contributed by atoms with E-state index in [1.165, 1.54) is 0 Å². The third-order valence-electron chi connectivity index (χ3n) is 2.22. The monoisotopic (exact) mass is 236 g/mol. The van der Waals surface area contributed by atoms with Crippen LogP contribution in [0.3, 0.4) is 0 Å². The smallest absolute Gasteiger partial charge is 0.203 e. The molecule has 0 spiro atoms. The SMILES string of the molecule is COc1cccc(OC)c1OCCC(N)C#N. The first kappa shape index (κ1) is 13.1. The molecule has 0 saturated carbocycles. The predicted octanol–water partition coefficient (Wildman–Crippen LogP) is 1.32. The second-order valence-electron chi connectivity index (χ2n) is 3.36. The number of hydrogen-bond donors (Lipinski definition) is 1. The van der Waals surface area contributed by atoms with Crippen molar-refractivity contribution in [3.05, 3.63) is 18.2 Å². The first-order chi connectivity index (χ1) is 8.22. The number of rotatable bonds is 6. The van der Waals surface area contributed by atoms with Crippen molar-refractivity contribution in [2.24, 2.45) is 5.73 Å². The molecule has 1 atom stereocenters. The van der Waals surface area contributed by atoms with E-state index in [1.54, 1.807) is 26.4 Å². The Balaban J connectivity index is 2.71. The quantitative estimate of drug-likeness (QED) is 0.806. The van der Waals surface area contributed by atoms with Crippen molar-refractivity contribution < 1.29 is 14.2 Å². The van der Waals surface area contributed by atoms with Crippen LogP contribution in [0.4, 0.5) is 0 Å². The Kier molecular flexibility index (Phi) is 5.11. The molecule has 0 saturated heterocycles. The molecular weight excluding hydrogens is 220 g/mol. The molecule has 0 bridgehead atoms. The molecule has 2 N–H and O–H groups in total. The van der Waals surface area contributed by atoms with Gasteiger partial charge in [-0.2, -0.15) is 5.26 Å². The Labute approximate surface area is 101 Å². The summed E-state index contributed by atoms with van der Waals surface area (Å²) in [4.78, 5) is 0. The third kappa shape index (κ3) is 3.54. The molecular formula is C12H16N2O3. The highest BCUT2D eigenvalue weighted by Gasteiger charge is 2.11. The van der Waals surface area contributed by atoms with Crippen LogP contribution in [-0.2, 0) is 0 Å². The minimum atomic E-state index is -0.518. The van der Waals surface area contributed by atoms with E-state index in [4.69, 9.17) is 25.2 Å². The van der Waals surface area contributed by atoms with Crippen molar-refractivity contribution in [1.82, 2.24) is 0 Å². The van der Waals surface area contributed by atoms with Gasteiger partial charge in [0.15, 0.2) is 11.5 Å². The van der Waals surface area contributed by atoms with Crippen molar-refractivity contribution in [3.8, 4) is 23.3 Å². The number of methoxy groups -OCH3 is 2. The highest BCUT2D eigenvalue weighted by molar-refractivity contribution is 5.51. The van der Waals surface area contributed by atoms with Crippen LogP contribution in [-0.4, -0.2) is 26.9 Å². The predicted molar refractivity (Wildman–Crippen MR) is 63.2 cm³/mol. The number of nitrogens with two attached hydrogens (primary N) is 1. The van der Waals surface area contributed by atoms with Crippen LogP contribution in [0.2, 0.25) is 0 Å². The Morgan fingerprint density at radius 3 is 2.35 bits per heavy atom. The number of hydrogen-bond acceptors (Lipinski definition) is 5. The molecule has 0 aliphatic carbocycles. The van der Waals surface area contributed by atoms with Gasteiger partial charge in [-0.15, -0.1) is 0 Å². The summed E-state index contributed by atoms with van der Waals surface area (Å²) in [5.74, 6) is 1.72. The Morgan fingerprint density at radius 1 is 1.29 bits per heavy atom. The molecule has 1 unspecified atom stereocenters. The van der Waals surface area contributed by atoms with Gasteiger partial charge in [0, 0.05) is 6.42 Å². The lowest BCUT2D eigenvalue weighted by Crippen LogP contribution is -2.20. The van der Waals surface area contributed by atoms with Gasteiger partial charge in [-0.25, -0.2) is 0 Å². The van der Waals surface area contributed by atoms with E-state index in [0.717, 1.165) is 0 Å². The number of nitriles is 1. The molecule has 0 aromatic heterocycles. The van der Waals surface area contributed by atoms with E-state index >= 15 is 0 Å². The zero-order chi connectivity index (χ0) is 12.7. The van der Waals surface area contributed by atoms with Crippen LogP contribution < -0.4 is 19.9 Å². The van der Waals surface area contributed by atoms with Crippen LogP contribution in [0, 0.1) is 11.3 Å². The van der Waals surface area contributed by atoms with Gasteiger partial charge in [0.05, 0.1) is 32.9 Å². The minimum Gasteiger partial charge on any atom is -0.493 e. The van der Waals surface area contributed by atoms with Crippen LogP contribution in [0.5, 0.6) is 17.2 Å². The number of nitrogens with zero attached hydrogens (tertiary/aromatic N) is 1. The zero-order valence-electron chi connectivity index (χ0n) is 9.97. The van der Waals surface area contributed by atoms with Crippen molar-refractivity contribution in [1.29, 1.82) is 5.26 Å². The average molecular weight is 236 g/mol. The van der Waals surface area contributed by atoms with E-state index in [-0.39, 0.29) is 0 Å². The van der Waals surface area contributed by atoms with Crippen molar-refractivity contribution in [2.45, 2.75) is 12.5 Å². The van der Waals surface area contributed by atoms with Crippen molar-refractivity contribution in [2.75, 3.05) is 20.8 Å². The second kappa shape index (κ2) is 6.61. The molecule has 92 valence electrons. The van der Waals surface area contributed by atoms with Crippen molar-refractivity contribution >= 4 is 0 Å². The number of benzene rings is 1. The summed E-state index contributed by atoms with van der Waals surface area (Å²) in [5, 5.41) is 8.55. The van der Waals surface area contributed by atoms with Crippen LogP contribution in [0.15, 0.2) is 18.2 Å². The molecule has 5 heteroatoms. The number of ether oxygens (including phenoxy) is 3. The normalized spacial score (nSPS) is 11.4. The van der Waals surface area contributed by atoms with Gasteiger partial charge in [-0.1, -0.05) is 6.07 Å². The van der Waals surface area contributed by atoms with Gasteiger partial charge in [-0.05, 0) is 12.1 Å². The fourth-order valence-electron chi connectivity index (χ4n) is 1.31. The van der Waals surface area contributed by atoms with Crippen LogP contribution in [0.25, 0.3) is 0 Å². The maximum Gasteiger partial charge on any atom is 0.203 e. The molecule has 5 nitrogen and oxygen atoms in total. The fraction of sp³-hybridized carbons (Fsp3) is 0.417. The molecule has 0 aliphatic rings. The first-order valence-electron chi connectivity index (χ1n) is 5.22. The highest BCUT2D eigenvalue weighted by atomic mass is 16.5. The fourth-order valence-corrected chi connectivity index (χ4v) is 1.31. The molecule has 1 aromatic carbocycles. The summed E-state index contributed by atoms with van der Waals surface area (Å²) in [6, 6.07) is 6.80. The maximum atomic E-state index is 8.55. The maximum absolute atomic E-state index is 8.55. The lowest BCUT2D eigenvalue weighted by molar-refractivity contribution is 0.268. The zero-order valence-corrected chi connectivity index (χ0v) is 9.97.